The maximum atomic E-state index is 12.1. The molecule has 0 fully saturated rings. The molecule has 0 aromatic heterocycles. The highest BCUT2D eigenvalue weighted by molar-refractivity contribution is 6.07. The standard InChI is InChI=1S/C17H15NO3/c1-12-7-8-15(11-13(12)2)17(19)10-9-14-5-3-4-6-16(14)18(20)21/h3-11H,1-2H3/b10-9+. The Hall–Kier alpha value is -2.75. The first-order chi connectivity index (χ1) is 9.99. The summed E-state index contributed by atoms with van der Waals surface area (Å²) in [6.07, 6.45) is 2.85. The number of hydrogen-bond acceptors (Lipinski definition) is 3. The second kappa shape index (κ2) is 6.13. The lowest BCUT2D eigenvalue weighted by Gasteiger charge is -2.02. The van der Waals surface area contributed by atoms with E-state index < -0.39 is 4.92 Å². The third kappa shape index (κ3) is 3.42. The van der Waals surface area contributed by atoms with Crippen molar-refractivity contribution in [1.82, 2.24) is 0 Å². The van der Waals surface area contributed by atoms with Gasteiger partial charge in [-0.2, -0.15) is 0 Å². The Balaban J connectivity index is 2.27. The van der Waals surface area contributed by atoms with Crippen molar-refractivity contribution in [3.63, 3.8) is 0 Å². The maximum Gasteiger partial charge on any atom is 0.276 e. The van der Waals surface area contributed by atoms with Crippen LogP contribution in [0.25, 0.3) is 6.08 Å². The minimum absolute atomic E-state index is 0.0124. The largest absolute Gasteiger partial charge is 0.289 e. The van der Waals surface area contributed by atoms with Gasteiger partial charge >= 0.3 is 0 Å². The van der Waals surface area contributed by atoms with E-state index >= 15 is 0 Å². The predicted octanol–water partition coefficient (Wildman–Crippen LogP) is 4.11. The van der Waals surface area contributed by atoms with E-state index in [2.05, 4.69) is 0 Å². The average molecular weight is 281 g/mol. The van der Waals surface area contributed by atoms with Crippen molar-refractivity contribution in [2.24, 2.45) is 0 Å². The number of nitro groups is 1. The summed E-state index contributed by atoms with van der Waals surface area (Å²) in [5.41, 5.74) is 3.14. The van der Waals surface area contributed by atoms with E-state index in [0.29, 0.717) is 11.1 Å². The number of aryl methyl sites for hydroxylation is 2. The number of allylic oxidation sites excluding steroid dienone is 1. The molecule has 0 radical (unpaired) electrons. The number of nitro benzene ring substituents is 1. The van der Waals surface area contributed by atoms with Gasteiger partial charge in [0.2, 0.25) is 0 Å². The third-order valence-corrected chi connectivity index (χ3v) is 3.34. The van der Waals surface area contributed by atoms with Crippen LogP contribution in [0.15, 0.2) is 48.5 Å². The quantitative estimate of drug-likeness (QED) is 0.367. The summed E-state index contributed by atoms with van der Waals surface area (Å²) < 4.78 is 0. The van der Waals surface area contributed by atoms with Crippen LogP contribution in [0, 0.1) is 24.0 Å². The summed E-state index contributed by atoms with van der Waals surface area (Å²) in [7, 11) is 0. The summed E-state index contributed by atoms with van der Waals surface area (Å²) in [6.45, 7) is 3.92. The Kier molecular flexibility index (Phi) is 4.28. The van der Waals surface area contributed by atoms with Crippen LogP contribution < -0.4 is 0 Å². The summed E-state index contributed by atoms with van der Waals surface area (Å²) in [4.78, 5) is 22.6. The van der Waals surface area contributed by atoms with E-state index in [1.54, 1.807) is 24.3 Å². The topological polar surface area (TPSA) is 60.2 Å². The number of rotatable bonds is 4. The molecule has 0 aliphatic carbocycles. The fraction of sp³-hybridized carbons (Fsp3) is 0.118. The summed E-state index contributed by atoms with van der Waals surface area (Å²) in [6, 6.07) is 11.8. The second-order valence-corrected chi connectivity index (χ2v) is 4.81. The third-order valence-electron chi connectivity index (χ3n) is 3.34. The van der Waals surface area contributed by atoms with Crippen molar-refractivity contribution in [2.75, 3.05) is 0 Å². The molecule has 0 aliphatic heterocycles. The van der Waals surface area contributed by atoms with E-state index in [0.717, 1.165) is 11.1 Å². The molecule has 21 heavy (non-hydrogen) atoms. The number of hydrogen-bond donors (Lipinski definition) is 0. The van der Waals surface area contributed by atoms with Gasteiger partial charge in [0, 0.05) is 11.6 Å². The Morgan fingerprint density at radius 3 is 2.48 bits per heavy atom. The molecule has 0 amide bonds. The Labute approximate surface area is 122 Å². The Bertz CT molecular complexity index is 733. The summed E-state index contributed by atoms with van der Waals surface area (Å²) >= 11 is 0. The van der Waals surface area contributed by atoms with Crippen LogP contribution in [0.3, 0.4) is 0 Å². The normalized spacial score (nSPS) is 10.8. The Morgan fingerprint density at radius 1 is 1.10 bits per heavy atom. The SMILES string of the molecule is Cc1ccc(C(=O)/C=C/c2ccccc2[N+](=O)[O-])cc1C. The molecule has 2 aromatic carbocycles. The maximum absolute atomic E-state index is 12.1. The number of ketones is 1. The van der Waals surface area contributed by atoms with Crippen LogP contribution in [0.2, 0.25) is 0 Å². The molecule has 0 unspecified atom stereocenters. The van der Waals surface area contributed by atoms with Crippen LogP contribution >= 0.6 is 0 Å². The van der Waals surface area contributed by atoms with E-state index in [1.807, 2.05) is 26.0 Å². The smallest absolute Gasteiger partial charge is 0.276 e. The van der Waals surface area contributed by atoms with Crippen LogP contribution in [0.5, 0.6) is 0 Å². The molecule has 0 saturated carbocycles. The van der Waals surface area contributed by atoms with Crippen molar-refractivity contribution in [2.45, 2.75) is 13.8 Å². The van der Waals surface area contributed by atoms with Gasteiger partial charge in [-0.3, -0.25) is 14.9 Å². The van der Waals surface area contributed by atoms with Crippen LogP contribution in [-0.4, -0.2) is 10.7 Å². The minimum atomic E-state index is -0.458. The summed E-state index contributed by atoms with van der Waals surface area (Å²) in [5.74, 6) is -0.170. The first kappa shape index (κ1) is 14.7. The first-order valence-corrected chi connectivity index (χ1v) is 6.52. The monoisotopic (exact) mass is 281 g/mol. The molecule has 2 rings (SSSR count). The van der Waals surface area contributed by atoms with Gasteiger partial charge in [-0.25, -0.2) is 0 Å². The molecule has 0 N–H and O–H groups in total. The van der Waals surface area contributed by atoms with Gasteiger partial charge in [-0.1, -0.05) is 24.3 Å². The van der Waals surface area contributed by atoms with Gasteiger partial charge in [-0.15, -0.1) is 0 Å². The van der Waals surface area contributed by atoms with Gasteiger partial charge in [0.05, 0.1) is 10.5 Å². The molecule has 0 aliphatic rings. The molecular formula is C17H15NO3. The van der Waals surface area contributed by atoms with Crippen molar-refractivity contribution in [3.8, 4) is 0 Å². The molecule has 0 spiro atoms. The Morgan fingerprint density at radius 2 is 1.81 bits per heavy atom. The highest BCUT2D eigenvalue weighted by Crippen LogP contribution is 2.19. The van der Waals surface area contributed by atoms with Crippen LogP contribution in [0.4, 0.5) is 5.69 Å². The zero-order chi connectivity index (χ0) is 15.4. The van der Waals surface area contributed by atoms with Crippen molar-refractivity contribution < 1.29 is 9.72 Å². The summed E-state index contributed by atoms with van der Waals surface area (Å²) in [5, 5.41) is 10.9. The van der Waals surface area contributed by atoms with E-state index in [-0.39, 0.29) is 11.5 Å². The molecule has 4 nitrogen and oxygen atoms in total. The lowest BCUT2D eigenvalue weighted by Crippen LogP contribution is -1.96. The highest BCUT2D eigenvalue weighted by atomic mass is 16.6. The van der Waals surface area contributed by atoms with E-state index in [9.17, 15) is 14.9 Å². The number of carbonyl (C=O) groups is 1. The molecule has 0 saturated heterocycles. The molecule has 106 valence electrons. The lowest BCUT2D eigenvalue weighted by atomic mass is 10.0. The van der Waals surface area contributed by atoms with E-state index in [1.165, 1.54) is 18.2 Å². The zero-order valence-electron chi connectivity index (χ0n) is 11.9. The fourth-order valence-electron chi connectivity index (χ4n) is 1.95. The van der Waals surface area contributed by atoms with Gasteiger partial charge in [0.25, 0.3) is 5.69 Å². The van der Waals surface area contributed by atoms with E-state index in [4.69, 9.17) is 0 Å². The number of carbonyl (C=O) groups excluding carboxylic acids is 1. The molecular weight excluding hydrogens is 266 g/mol. The van der Waals surface area contributed by atoms with Crippen LogP contribution in [0.1, 0.15) is 27.0 Å². The molecule has 4 heteroatoms. The molecule has 2 aromatic rings. The predicted molar refractivity (Wildman–Crippen MR) is 82.4 cm³/mol. The second-order valence-electron chi connectivity index (χ2n) is 4.81. The van der Waals surface area contributed by atoms with Gasteiger partial charge < -0.3 is 0 Å². The molecule has 0 heterocycles. The average Bonchev–Trinajstić information content (AvgIpc) is 2.47. The van der Waals surface area contributed by atoms with Gasteiger partial charge in [-0.05, 0) is 49.3 Å². The minimum Gasteiger partial charge on any atom is -0.289 e. The van der Waals surface area contributed by atoms with Crippen molar-refractivity contribution >= 4 is 17.5 Å². The van der Waals surface area contributed by atoms with Crippen LogP contribution in [-0.2, 0) is 0 Å². The number of nitrogens with zero attached hydrogens (tertiary/aromatic N) is 1. The molecule has 0 atom stereocenters. The first-order valence-electron chi connectivity index (χ1n) is 6.52. The lowest BCUT2D eigenvalue weighted by molar-refractivity contribution is -0.385. The molecule has 0 bridgehead atoms. The van der Waals surface area contributed by atoms with Gasteiger partial charge in [0.1, 0.15) is 0 Å². The zero-order valence-corrected chi connectivity index (χ0v) is 11.9. The fourth-order valence-corrected chi connectivity index (χ4v) is 1.95. The number of para-hydroxylation sites is 1. The number of benzene rings is 2. The van der Waals surface area contributed by atoms with Gasteiger partial charge in [0.15, 0.2) is 5.78 Å². The van der Waals surface area contributed by atoms with Crippen molar-refractivity contribution in [1.29, 1.82) is 0 Å². The highest BCUT2D eigenvalue weighted by Gasteiger charge is 2.10. The van der Waals surface area contributed by atoms with Crippen molar-refractivity contribution in [3.05, 3.63) is 80.9 Å².